The van der Waals surface area contributed by atoms with E-state index in [-0.39, 0.29) is 12.3 Å². The molecule has 1 aromatic heterocycles. The first-order valence-electron chi connectivity index (χ1n) is 14.3. The van der Waals surface area contributed by atoms with Crippen LogP contribution in [0.5, 0.6) is 5.75 Å². The number of aromatic amines is 1. The Balaban J connectivity index is 1.23. The molecule has 3 unspecified atom stereocenters. The van der Waals surface area contributed by atoms with Gasteiger partial charge in [0.25, 0.3) is 0 Å². The molecule has 0 saturated carbocycles. The Morgan fingerprint density at radius 1 is 1.00 bits per heavy atom. The molecule has 2 amide bonds. The molecular formula is C34H32AsClN4O3. The molecular weight excluding hydrogens is 623 g/mol. The molecule has 4 atom stereocenters. The third kappa shape index (κ3) is 6.79. The number of nitrogens with zero attached hydrogens (tertiary/aromatic N) is 1. The number of carbonyl (C=O) groups is 2. The van der Waals surface area contributed by atoms with E-state index >= 15 is 0 Å². The van der Waals surface area contributed by atoms with Crippen molar-refractivity contribution in [1.82, 2.24) is 15.3 Å². The minimum absolute atomic E-state index is 0.267. The SMILES string of the molecule is NC(=O)[C@H](Cc1ccc(Cl)cc1)NC(=O)c1cccc2c1OCCC2[AsH]C(Cc1ccc2ccccc2c1)c1cnc[nH]1. The maximum absolute atomic E-state index is 13.5. The second-order valence-corrected chi connectivity index (χ2v) is 14.8. The van der Waals surface area contributed by atoms with Gasteiger partial charge in [0, 0.05) is 0 Å². The third-order valence-corrected chi connectivity index (χ3v) is 12.2. The number of carbonyl (C=O) groups excluding carboxylic acids is 2. The second-order valence-electron chi connectivity index (χ2n) is 10.8. The molecule has 5 aromatic rings. The van der Waals surface area contributed by atoms with Crippen LogP contribution in [-0.4, -0.2) is 50.2 Å². The van der Waals surface area contributed by atoms with Crippen LogP contribution in [0.25, 0.3) is 10.8 Å². The number of amides is 2. The fourth-order valence-electron chi connectivity index (χ4n) is 5.65. The molecule has 0 bridgehead atoms. The topological polar surface area (TPSA) is 110 Å². The molecule has 2 heterocycles. The number of hydrogen-bond donors (Lipinski definition) is 3. The Hall–Kier alpha value is -4.06. The molecule has 4 N–H and O–H groups in total. The summed E-state index contributed by atoms with van der Waals surface area (Å²) in [5, 5.41) is 5.91. The molecule has 6 rings (SSSR count). The Kier molecular flexibility index (Phi) is 8.82. The summed E-state index contributed by atoms with van der Waals surface area (Å²) in [5.74, 6) is -0.380. The monoisotopic (exact) mass is 654 g/mol. The summed E-state index contributed by atoms with van der Waals surface area (Å²) in [7, 11) is 0. The number of fused-ring (bicyclic) bond motifs is 2. The van der Waals surface area contributed by atoms with Crippen LogP contribution in [-0.2, 0) is 17.6 Å². The molecule has 0 radical (unpaired) electrons. The molecule has 0 fully saturated rings. The van der Waals surface area contributed by atoms with Crippen LogP contribution >= 0.6 is 11.6 Å². The van der Waals surface area contributed by atoms with Gasteiger partial charge in [-0.2, -0.15) is 0 Å². The molecule has 0 spiro atoms. The molecule has 1 aliphatic rings. The van der Waals surface area contributed by atoms with Gasteiger partial charge in [0.2, 0.25) is 0 Å². The average molecular weight is 655 g/mol. The summed E-state index contributed by atoms with van der Waals surface area (Å²) in [6.45, 7) is 0.529. The van der Waals surface area contributed by atoms with Gasteiger partial charge in [0.05, 0.1) is 0 Å². The number of ether oxygens (including phenoxy) is 1. The number of H-pyrrole nitrogens is 1. The molecule has 9 heteroatoms. The molecule has 1 aliphatic heterocycles. The van der Waals surface area contributed by atoms with Crippen LogP contribution in [0.15, 0.2) is 97.5 Å². The van der Waals surface area contributed by atoms with Crippen LogP contribution < -0.4 is 15.8 Å². The van der Waals surface area contributed by atoms with Crippen molar-refractivity contribution in [2.75, 3.05) is 6.61 Å². The van der Waals surface area contributed by atoms with Crippen LogP contribution in [0.3, 0.4) is 0 Å². The van der Waals surface area contributed by atoms with Gasteiger partial charge in [0.1, 0.15) is 0 Å². The number of aromatic nitrogens is 2. The van der Waals surface area contributed by atoms with E-state index in [2.05, 4.69) is 63.8 Å². The fraction of sp³-hybridized carbons (Fsp3) is 0.206. The van der Waals surface area contributed by atoms with Crippen LogP contribution in [0.1, 0.15) is 48.6 Å². The summed E-state index contributed by atoms with van der Waals surface area (Å²) in [6.07, 6.45) is 5.74. The Bertz CT molecular complexity index is 1740. The van der Waals surface area contributed by atoms with Crippen molar-refractivity contribution in [3.8, 4) is 5.75 Å². The Morgan fingerprint density at radius 2 is 1.79 bits per heavy atom. The first-order chi connectivity index (χ1) is 20.9. The molecule has 218 valence electrons. The van der Waals surface area contributed by atoms with Crippen molar-refractivity contribution < 1.29 is 14.3 Å². The standard InChI is InChI=1S/C34H32AsClN4O3/c36-25-12-9-21(10-13-25)18-30(33(37)41)40-34(42)27-7-3-6-26-28(14-15-43-32(26)27)35-29(31-19-38-20-39-31)17-22-8-11-23-4-1-2-5-24(23)16-22/h1-13,16,19-20,28-30,35H,14-15,17-18H2,(H2,37,41)(H,38,39)(H,40,42)/t28?,29?,30-/m0/s1. The van der Waals surface area contributed by atoms with Crippen molar-refractivity contribution >= 4 is 49.9 Å². The Labute approximate surface area is 261 Å². The number of hydrogen-bond acceptors (Lipinski definition) is 4. The maximum atomic E-state index is 13.5. The summed E-state index contributed by atoms with van der Waals surface area (Å²) >= 11 is 5.38. The van der Waals surface area contributed by atoms with Crippen molar-refractivity contribution in [3.63, 3.8) is 0 Å². The summed E-state index contributed by atoms with van der Waals surface area (Å²) < 4.78 is 6.74. The van der Waals surface area contributed by atoms with Crippen molar-refractivity contribution in [2.45, 2.75) is 34.7 Å². The van der Waals surface area contributed by atoms with Gasteiger partial charge in [-0.25, -0.2) is 0 Å². The van der Waals surface area contributed by atoms with E-state index in [0.717, 1.165) is 29.7 Å². The van der Waals surface area contributed by atoms with Gasteiger partial charge >= 0.3 is 251 Å². The predicted octanol–water partition coefficient (Wildman–Crippen LogP) is 5.29. The molecule has 43 heavy (non-hydrogen) atoms. The summed E-state index contributed by atoms with van der Waals surface area (Å²) in [5.41, 5.74) is 10.4. The summed E-state index contributed by atoms with van der Waals surface area (Å²) in [4.78, 5) is 33.5. The average Bonchev–Trinajstić information content (AvgIpc) is 3.56. The van der Waals surface area contributed by atoms with Crippen molar-refractivity contribution in [2.24, 2.45) is 5.73 Å². The van der Waals surface area contributed by atoms with Gasteiger partial charge in [0.15, 0.2) is 0 Å². The number of halogens is 1. The van der Waals surface area contributed by atoms with Crippen LogP contribution in [0, 0.1) is 0 Å². The summed E-state index contributed by atoms with van der Waals surface area (Å²) in [6, 6.07) is 27.1. The van der Waals surface area contributed by atoms with Gasteiger partial charge in [-0.3, -0.25) is 0 Å². The Morgan fingerprint density at radius 3 is 2.56 bits per heavy atom. The second kappa shape index (κ2) is 13.1. The fourth-order valence-corrected chi connectivity index (χ4v) is 9.70. The molecule has 4 aromatic carbocycles. The van der Waals surface area contributed by atoms with E-state index in [1.165, 1.54) is 16.3 Å². The first kappa shape index (κ1) is 29.0. The van der Waals surface area contributed by atoms with E-state index in [0.29, 0.717) is 32.4 Å². The number of para-hydroxylation sites is 1. The third-order valence-electron chi connectivity index (χ3n) is 7.87. The first-order valence-corrected chi connectivity index (χ1v) is 17.1. The van der Waals surface area contributed by atoms with E-state index in [9.17, 15) is 9.59 Å². The number of benzene rings is 4. The number of nitrogens with two attached hydrogens (primary N) is 1. The zero-order valence-corrected chi connectivity index (χ0v) is 26.3. The van der Waals surface area contributed by atoms with Gasteiger partial charge in [-0.1, -0.05) is 11.6 Å². The van der Waals surface area contributed by atoms with Gasteiger partial charge in [-0.05, 0) is 0 Å². The number of imidazole rings is 1. The quantitative estimate of drug-likeness (QED) is 0.178. The minimum atomic E-state index is -0.871. The van der Waals surface area contributed by atoms with Crippen LogP contribution in [0.2, 0.25) is 5.02 Å². The van der Waals surface area contributed by atoms with Gasteiger partial charge < -0.3 is 0 Å². The normalized spacial score (nSPS) is 16.0. The number of primary amides is 1. The molecule has 0 aliphatic carbocycles. The molecule has 0 saturated heterocycles. The predicted molar refractivity (Wildman–Crippen MR) is 171 cm³/mol. The van der Waals surface area contributed by atoms with E-state index in [1.54, 1.807) is 24.5 Å². The number of nitrogens with one attached hydrogen (secondary N) is 2. The van der Waals surface area contributed by atoms with E-state index in [4.69, 9.17) is 22.1 Å². The molecule has 7 nitrogen and oxygen atoms in total. The number of rotatable bonds is 10. The van der Waals surface area contributed by atoms with Crippen LogP contribution in [0.4, 0.5) is 0 Å². The zero-order chi connectivity index (χ0) is 29.8. The van der Waals surface area contributed by atoms with Crippen molar-refractivity contribution in [3.05, 3.63) is 130 Å². The van der Waals surface area contributed by atoms with Gasteiger partial charge in [-0.15, -0.1) is 0 Å². The zero-order valence-electron chi connectivity index (χ0n) is 23.4. The van der Waals surface area contributed by atoms with E-state index in [1.807, 2.05) is 24.4 Å². The van der Waals surface area contributed by atoms with Crippen molar-refractivity contribution in [1.29, 1.82) is 0 Å². The van der Waals surface area contributed by atoms with E-state index < -0.39 is 27.7 Å².